The number of methoxy groups -OCH3 is 1. The molecule has 0 fully saturated rings. The first-order chi connectivity index (χ1) is 7.69. The number of benzene rings is 1. The molecule has 0 saturated heterocycles. The lowest BCUT2D eigenvalue weighted by Crippen LogP contribution is -2.17. The minimum Gasteiger partial charge on any atom is -0.496 e. The Morgan fingerprint density at radius 2 is 2.06 bits per heavy atom. The maximum absolute atomic E-state index is 10.8. The molecule has 1 aromatic rings. The molecule has 16 heavy (non-hydrogen) atoms. The lowest BCUT2D eigenvalue weighted by Gasteiger charge is -2.06. The third-order valence-electron chi connectivity index (χ3n) is 1.97. The van der Waals surface area contributed by atoms with Crippen molar-refractivity contribution in [2.45, 2.75) is 6.92 Å². The number of nitrogens with zero attached hydrogens (tertiary/aromatic N) is 1. The Kier molecular flexibility index (Phi) is 4.32. The second-order valence-electron chi connectivity index (χ2n) is 3.01. The number of carbonyl (C=O) groups is 1. The molecule has 0 aliphatic heterocycles. The summed E-state index contributed by atoms with van der Waals surface area (Å²) in [5, 5.41) is 6.00. The zero-order chi connectivity index (χ0) is 12.0. The van der Waals surface area contributed by atoms with Gasteiger partial charge in [0.2, 0.25) is 0 Å². The van der Waals surface area contributed by atoms with Crippen molar-refractivity contribution in [1.82, 2.24) is 5.32 Å². The van der Waals surface area contributed by atoms with E-state index >= 15 is 0 Å². The van der Waals surface area contributed by atoms with Gasteiger partial charge in [-0.05, 0) is 19.1 Å². The van der Waals surface area contributed by atoms with Crippen molar-refractivity contribution in [1.29, 1.82) is 0 Å². The molecule has 1 rings (SSSR count). The fourth-order valence-corrected chi connectivity index (χ4v) is 1.15. The molecule has 1 aromatic carbocycles. The second kappa shape index (κ2) is 5.75. The number of carbonyl (C=O) groups excluding carboxylic acids is 1. The van der Waals surface area contributed by atoms with Gasteiger partial charge in [-0.15, -0.1) is 0 Å². The Bertz CT molecular complexity index is 402. The quantitative estimate of drug-likeness (QED) is 0.481. The van der Waals surface area contributed by atoms with Gasteiger partial charge in [-0.25, -0.2) is 4.79 Å². The second-order valence-corrected chi connectivity index (χ2v) is 3.01. The fraction of sp³-hybridized carbons (Fsp3) is 0.273. The SMILES string of the molecule is CNC(=O)O/N=C(/C)c1ccccc1OC. The highest BCUT2D eigenvalue weighted by atomic mass is 16.7. The van der Waals surface area contributed by atoms with Crippen LogP contribution >= 0.6 is 0 Å². The number of ether oxygens (including phenoxy) is 1. The van der Waals surface area contributed by atoms with Crippen LogP contribution in [0.4, 0.5) is 4.79 Å². The minimum absolute atomic E-state index is 0.570. The average Bonchev–Trinajstić information content (AvgIpc) is 2.35. The molecule has 1 amide bonds. The highest BCUT2D eigenvalue weighted by Gasteiger charge is 2.06. The van der Waals surface area contributed by atoms with Crippen LogP contribution in [0.1, 0.15) is 12.5 Å². The van der Waals surface area contributed by atoms with Crippen LogP contribution in [0.15, 0.2) is 29.4 Å². The number of nitrogens with one attached hydrogen (secondary N) is 1. The van der Waals surface area contributed by atoms with Gasteiger partial charge in [0.25, 0.3) is 0 Å². The predicted molar refractivity (Wildman–Crippen MR) is 60.7 cm³/mol. The summed E-state index contributed by atoms with van der Waals surface area (Å²) >= 11 is 0. The van der Waals surface area contributed by atoms with Crippen molar-refractivity contribution in [3.8, 4) is 5.75 Å². The number of rotatable bonds is 3. The lowest BCUT2D eigenvalue weighted by molar-refractivity contribution is 0.153. The largest absolute Gasteiger partial charge is 0.496 e. The van der Waals surface area contributed by atoms with Crippen LogP contribution in [-0.4, -0.2) is 26.0 Å². The summed E-state index contributed by atoms with van der Waals surface area (Å²) in [7, 11) is 3.04. The van der Waals surface area contributed by atoms with Crippen LogP contribution in [0.25, 0.3) is 0 Å². The van der Waals surface area contributed by atoms with Crippen molar-refractivity contribution in [3.05, 3.63) is 29.8 Å². The maximum Gasteiger partial charge on any atom is 0.433 e. The summed E-state index contributed by atoms with van der Waals surface area (Å²) in [6.07, 6.45) is -0.603. The van der Waals surface area contributed by atoms with E-state index in [2.05, 4.69) is 15.3 Å². The summed E-state index contributed by atoms with van der Waals surface area (Å²) in [5.41, 5.74) is 1.36. The van der Waals surface area contributed by atoms with Gasteiger partial charge in [0.05, 0.1) is 12.8 Å². The summed E-state index contributed by atoms with van der Waals surface area (Å²) in [6.45, 7) is 1.74. The molecular formula is C11H14N2O3. The fourth-order valence-electron chi connectivity index (χ4n) is 1.15. The van der Waals surface area contributed by atoms with E-state index in [4.69, 9.17) is 4.74 Å². The molecule has 0 unspecified atom stereocenters. The molecule has 0 aromatic heterocycles. The summed E-state index contributed by atoms with van der Waals surface area (Å²) in [6, 6.07) is 7.37. The van der Waals surface area contributed by atoms with Crippen LogP contribution in [-0.2, 0) is 4.84 Å². The normalized spacial score (nSPS) is 10.8. The van der Waals surface area contributed by atoms with E-state index in [1.807, 2.05) is 24.3 Å². The molecule has 0 saturated carbocycles. The number of amides is 1. The Labute approximate surface area is 94.0 Å². The van der Waals surface area contributed by atoms with Crippen molar-refractivity contribution in [3.63, 3.8) is 0 Å². The van der Waals surface area contributed by atoms with Gasteiger partial charge in [0.1, 0.15) is 5.75 Å². The molecule has 0 spiro atoms. The first kappa shape index (κ1) is 12.0. The summed E-state index contributed by atoms with van der Waals surface area (Å²) in [5.74, 6) is 0.684. The van der Waals surface area contributed by atoms with Gasteiger partial charge in [-0.1, -0.05) is 17.3 Å². The van der Waals surface area contributed by atoms with Gasteiger partial charge >= 0.3 is 6.09 Å². The molecule has 5 nitrogen and oxygen atoms in total. The molecule has 0 radical (unpaired) electrons. The van der Waals surface area contributed by atoms with E-state index in [1.54, 1.807) is 14.0 Å². The molecule has 86 valence electrons. The lowest BCUT2D eigenvalue weighted by atomic mass is 10.1. The van der Waals surface area contributed by atoms with E-state index in [1.165, 1.54) is 7.05 Å². The third kappa shape index (κ3) is 2.98. The van der Waals surface area contributed by atoms with Crippen LogP contribution in [0.2, 0.25) is 0 Å². The number of oxime groups is 1. The molecule has 0 heterocycles. The highest BCUT2D eigenvalue weighted by Crippen LogP contribution is 2.18. The van der Waals surface area contributed by atoms with Crippen molar-refractivity contribution >= 4 is 11.8 Å². The van der Waals surface area contributed by atoms with Gasteiger partial charge in [0, 0.05) is 12.6 Å². The molecule has 0 atom stereocenters. The first-order valence-electron chi connectivity index (χ1n) is 4.75. The number of para-hydroxylation sites is 1. The summed E-state index contributed by atoms with van der Waals surface area (Å²) in [4.78, 5) is 15.4. The van der Waals surface area contributed by atoms with E-state index in [-0.39, 0.29) is 0 Å². The van der Waals surface area contributed by atoms with Crippen LogP contribution in [0, 0.1) is 0 Å². The van der Waals surface area contributed by atoms with Crippen molar-refractivity contribution in [2.75, 3.05) is 14.2 Å². The van der Waals surface area contributed by atoms with Gasteiger partial charge in [-0.2, -0.15) is 0 Å². The molecule has 0 bridgehead atoms. The summed E-state index contributed by atoms with van der Waals surface area (Å²) < 4.78 is 5.16. The zero-order valence-corrected chi connectivity index (χ0v) is 9.48. The van der Waals surface area contributed by atoms with E-state index in [9.17, 15) is 4.79 Å². The maximum atomic E-state index is 10.8. The minimum atomic E-state index is -0.603. The van der Waals surface area contributed by atoms with Crippen molar-refractivity contribution < 1.29 is 14.4 Å². The Balaban J connectivity index is 2.86. The molecule has 5 heteroatoms. The van der Waals surface area contributed by atoms with E-state index < -0.39 is 6.09 Å². The van der Waals surface area contributed by atoms with Crippen LogP contribution < -0.4 is 10.1 Å². The molecule has 0 aliphatic carbocycles. The smallest absolute Gasteiger partial charge is 0.433 e. The number of hydrogen-bond acceptors (Lipinski definition) is 4. The highest BCUT2D eigenvalue weighted by molar-refractivity contribution is 6.01. The average molecular weight is 222 g/mol. The van der Waals surface area contributed by atoms with Crippen LogP contribution in [0.3, 0.4) is 0 Å². The zero-order valence-electron chi connectivity index (χ0n) is 9.48. The molecular weight excluding hydrogens is 208 g/mol. The topological polar surface area (TPSA) is 59.9 Å². The third-order valence-corrected chi connectivity index (χ3v) is 1.97. The Morgan fingerprint density at radius 3 is 2.69 bits per heavy atom. The van der Waals surface area contributed by atoms with Crippen molar-refractivity contribution in [2.24, 2.45) is 5.16 Å². The first-order valence-corrected chi connectivity index (χ1v) is 4.75. The predicted octanol–water partition coefficient (Wildman–Crippen LogP) is 1.78. The van der Waals surface area contributed by atoms with Gasteiger partial charge in [-0.3, -0.25) is 4.84 Å². The van der Waals surface area contributed by atoms with Gasteiger partial charge in [0.15, 0.2) is 0 Å². The monoisotopic (exact) mass is 222 g/mol. The van der Waals surface area contributed by atoms with Gasteiger partial charge < -0.3 is 10.1 Å². The standard InChI is InChI=1S/C11H14N2O3/c1-8(13-16-11(14)12-2)9-6-4-5-7-10(9)15-3/h4-7H,1-3H3,(H,12,14)/b13-8-. The van der Waals surface area contributed by atoms with E-state index in [0.29, 0.717) is 11.5 Å². The number of hydrogen-bond donors (Lipinski definition) is 1. The molecule has 1 N–H and O–H groups in total. The van der Waals surface area contributed by atoms with Crippen LogP contribution in [0.5, 0.6) is 5.75 Å². The van der Waals surface area contributed by atoms with E-state index in [0.717, 1.165) is 5.56 Å². The molecule has 0 aliphatic rings. The Hall–Kier alpha value is -2.04. The Morgan fingerprint density at radius 1 is 1.38 bits per heavy atom.